The summed E-state index contributed by atoms with van der Waals surface area (Å²) in [5, 5.41) is 3.10. The van der Waals surface area contributed by atoms with Crippen LogP contribution in [0.25, 0.3) is 0 Å². The molecule has 3 rings (SSSR count). The first kappa shape index (κ1) is 21.4. The lowest BCUT2D eigenvalue weighted by Gasteiger charge is -2.13. The Hall–Kier alpha value is -3.32. The fraction of sp³-hybridized carbons (Fsp3) is 0.182. The molecule has 2 aromatic carbocycles. The maximum absolute atomic E-state index is 12.9. The summed E-state index contributed by atoms with van der Waals surface area (Å²) in [6.45, 7) is 2.52. The van der Waals surface area contributed by atoms with Gasteiger partial charge in [0.25, 0.3) is 5.91 Å². The third kappa shape index (κ3) is 5.39. The van der Waals surface area contributed by atoms with Gasteiger partial charge >= 0.3 is 0 Å². The lowest BCUT2D eigenvalue weighted by atomic mass is 10.1. The summed E-state index contributed by atoms with van der Waals surface area (Å²) < 4.78 is 29.2. The van der Waals surface area contributed by atoms with Crippen molar-refractivity contribution >= 4 is 17.5 Å². The summed E-state index contributed by atoms with van der Waals surface area (Å²) in [4.78, 5) is 16.7. The van der Waals surface area contributed by atoms with Crippen LogP contribution < -0.4 is 19.5 Å². The van der Waals surface area contributed by atoms with E-state index >= 15 is 0 Å². The van der Waals surface area contributed by atoms with Gasteiger partial charge in [0.2, 0.25) is 5.88 Å². The second-order valence-corrected chi connectivity index (χ2v) is 6.57. The maximum Gasteiger partial charge on any atom is 0.251 e. The van der Waals surface area contributed by atoms with E-state index in [0.717, 1.165) is 5.56 Å². The van der Waals surface area contributed by atoms with Crippen LogP contribution in [0.1, 0.15) is 22.8 Å². The number of rotatable bonds is 8. The van der Waals surface area contributed by atoms with Crippen molar-refractivity contribution in [3.05, 3.63) is 76.7 Å². The first-order valence-corrected chi connectivity index (χ1v) is 9.54. The van der Waals surface area contributed by atoms with Crippen molar-refractivity contribution < 1.29 is 23.4 Å². The zero-order valence-electron chi connectivity index (χ0n) is 16.4. The molecule has 0 bridgehead atoms. The number of pyridine rings is 1. The number of carbonyl (C=O) groups excluding carboxylic acids is 1. The molecule has 30 heavy (non-hydrogen) atoms. The molecule has 8 heteroatoms. The highest BCUT2D eigenvalue weighted by Crippen LogP contribution is 2.36. The second kappa shape index (κ2) is 9.93. The average Bonchev–Trinajstić information content (AvgIpc) is 2.76. The Morgan fingerprint density at radius 3 is 2.57 bits per heavy atom. The molecule has 3 aromatic rings. The Labute approximate surface area is 178 Å². The van der Waals surface area contributed by atoms with Gasteiger partial charge in [-0.2, -0.15) is 0 Å². The van der Waals surface area contributed by atoms with Crippen molar-refractivity contribution in [3.8, 4) is 23.1 Å². The Morgan fingerprint density at radius 1 is 1.17 bits per heavy atom. The van der Waals surface area contributed by atoms with E-state index in [4.69, 9.17) is 25.8 Å². The lowest BCUT2D eigenvalue weighted by molar-refractivity contribution is 0.0950. The molecule has 156 valence electrons. The van der Waals surface area contributed by atoms with E-state index in [9.17, 15) is 9.18 Å². The highest BCUT2D eigenvalue weighted by Gasteiger charge is 2.15. The van der Waals surface area contributed by atoms with E-state index in [1.165, 1.54) is 37.4 Å². The van der Waals surface area contributed by atoms with E-state index in [0.29, 0.717) is 40.3 Å². The van der Waals surface area contributed by atoms with Crippen LogP contribution in [0.4, 0.5) is 4.39 Å². The highest BCUT2D eigenvalue weighted by molar-refractivity contribution is 6.32. The Balaban J connectivity index is 1.62. The van der Waals surface area contributed by atoms with Crippen molar-refractivity contribution in [2.45, 2.75) is 13.5 Å². The molecule has 1 N–H and O–H groups in total. The number of methoxy groups -OCH3 is 1. The summed E-state index contributed by atoms with van der Waals surface area (Å²) in [6.07, 6.45) is 1.59. The van der Waals surface area contributed by atoms with Gasteiger partial charge in [-0.3, -0.25) is 4.79 Å². The highest BCUT2D eigenvalue weighted by atomic mass is 35.5. The van der Waals surface area contributed by atoms with Crippen LogP contribution in [0, 0.1) is 5.82 Å². The van der Waals surface area contributed by atoms with Gasteiger partial charge in [0, 0.05) is 24.4 Å². The van der Waals surface area contributed by atoms with Crippen molar-refractivity contribution in [1.82, 2.24) is 10.3 Å². The van der Waals surface area contributed by atoms with Gasteiger partial charge in [-0.1, -0.05) is 17.7 Å². The standard InChI is InChI=1S/C22H20ClFN2O4/c1-3-29-21-18(23)10-15(11-19(21)28-2)22(27)26-13-14-4-9-20(25-12-14)30-17-7-5-16(24)6-8-17/h4-12H,3,13H2,1-2H3,(H,26,27). The third-order valence-electron chi connectivity index (χ3n) is 4.07. The van der Waals surface area contributed by atoms with Crippen molar-refractivity contribution in [2.75, 3.05) is 13.7 Å². The molecule has 0 spiro atoms. The molecular weight excluding hydrogens is 411 g/mol. The number of halogens is 2. The number of amides is 1. The van der Waals surface area contributed by atoms with Crippen LogP contribution in [-0.2, 0) is 6.54 Å². The predicted octanol–water partition coefficient (Wildman–Crippen LogP) is 5.00. The van der Waals surface area contributed by atoms with Gasteiger partial charge in [0.05, 0.1) is 18.7 Å². The Morgan fingerprint density at radius 2 is 1.93 bits per heavy atom. The monoisotopic (exact) mass is 430 g/mol. The van der Waals surface area contributed by atoms with Gasteiger partial charge in [-0.25, -0.2) is 9.37 Å². The van der Waals surface area contributed by atoms with Gasteiger partial charge in [-0.15, -0.1) is 0 Å². The fourth-order valence-electron chi connectivity index (χ4n) is 2.62. The smallest absolute Gasteiger partial charge is 0.251 e. The largest absolute Gasteiger partial charge is 0.493 e. The van der Waals surface area contributed by atoms with Crippen LogP contribution in [0.15, 0.2) is 54.7 Å². The first-order chi connectivity index (χ1) is 14.5. The van der Waals surface area contributed by atoms with E-state index in [-0.39, 0.29) is 18.3 Å². The van der Waals surface area contributed by atoms with Crippen LogP contribution in [0.3, 0.4) is 0 Å². The summed E-state index contributed by atoms with van der Waals surface area (Å²) in [7, 11) is 1.48. The predicted molar refractivity (Wildman–Crippen MR) is 111 cm³/mol. The van der Waals surface area contributed by atoms with Gasteiger partial charge in [0.1, 0.15) is 11.6 Å². The molecular formula is C22H20ClFN2O4. The first-order valence-electron chi connectivity index (χ1n) is 9.17. The molecule has 6 nitrogen and oxygen atoms in total. The van der Waals surface area contributed by atoms with Crippen LogP contribution in [0.5, 0.6) is 23.1 Å². The normalized spacial score (nSPS) is 10.4. The lowest BCUT2D eigenvalue weighted by Crippen LogP contribution is -2.23. The quantitative estimate of drug-likeness (QED) is 0.544. The molecule has 0 saturated carbocycles. The molecule has 0 radical (unpaired) electrons. The molecule has 0 aliphatic heterocycles. The number of nitrogens with zero attached hydrogens (tertiary/aromatic N) is 1. The van der Waals surface area contributed by atoms with E-state index in [1.807, 2.05) is 6.92 Å². The SMILES string of the molecule is CCOc1c(Cl)cc(C(=O)NCc2ccc(Oc3ccc(F)cc3)nc2)cc1OC. The molecule has 1 aromatic heterocycles. The van der Waals surface area contributed by atoms with Gasteiger partial charge < -0.3 is 19.5 Å². The minimum atomic E-state index is -0.340. The Bertz CT molecular complexity index is 1010. The molecule has 0 fully saturated rings. The van der Waals surface area contributed by atoms with Crippen LogP contribution >= 0.6 is 11.6 Å². The topological polar surface area (TPSA) is 69.7 Å². The summed E-state index contributed by atoms with van der Waals surface area (Å²) in [5.41, 5.74) is 1.13. The second-order valence-electron chi connectivity index (χ2n) is 6.17. The molecule has 0 atom stereocenters. The zero-order chi connectivity index (χ0) is 21.5. The zero-order valence-corrected chi connectivity index (χ0v) is 17.2. The summed E-state index contributed by atoms with van der Waals surface area (Å²) in [6, 6.07) is 12.2. The van der Waals surface area contributed by atoms with Crippen LogP contribution in [-0.4, -0.2) is 24.6 Å². The number of aromatic nitrogens is 1. The van der Waals surface area contributed by atoms with E-state index in [2.05, 4.69) is 10.3 Å². The number of hydrogen-bond acceptors (Lipinski definition) is 5. The molecule has 0 unspecified atom stereocenters. The molecule has 0 aliphatic rings. The van der Waals surface area contributed by atoms with Gasteiger partial charge in [0.15, 0.2) is 11.5 Å². The van der Waals surface area contributed by atoms with Crippen molar-refractivity contribution in [1.29, 1.82) is 0 Å². The molecule has 0 aliphatic carbocycles. The number of benzene rings is 2. The fourth-order valence-corrected chi connectivity index (χ4v) is 2.88. The minimum absolute atomic E-state index is 0.260. The average molecular weight is 431 g/mol. The van der Waals surface area contributed by atoms with Gasteiger partial charge in [-0.05, 0) is 48.9 Å². The third-order valence-corrected chi connectivity index (χ3v) is 4.35. The van der Waals surface area contributed by atoms with Crippen LogP contribution in [0.2, 0.25) is 5.02 Å². The number of nitrogens with one attached hydrogen (secondary N) is 1. The van der Waals surface area contributed by atoms with Crippen molar-refractivity contribution in [3.63, 3.8) is 0 Å². The molecule has 1 amide bonds. The maximum atomic E-state index is 12.9. The molecule has 1 heterocycles. The molecule has 0 saturated heterocycles. The summed E-state index contributed by atoms with van der Waals surface area (Å²) >= 11 is 6.22. The summed E-state index contributed by atoms with van der Waals surface area (Å²) in [5.74, 6) is 0.973. The minimum Gasteiger partial charge on any atom is -0.493 e. The van der Waals surface area contributed by atoms with Crippen molar-refractivity contribution in [2.24, 2.45) is 0 Å². The van der Waals surface area contributed by atoms with E-state index < -0.39 is 0 Å². The van der Waals surface area contributed by atoms with E-state index in [1.54, 1.807) is 24.4 Å². The number of carbonyl (C=O) groups is 1. The number of ether oxygens (including phenoxy) is 3. The number of hydrogen-bond donors (Lipinski definition) is 1. The Kier molecular flexibility index (Phi) is 7.08.